The van der Waals surface area contributed by atoms with Crippen molar-refractivity contribution in [2.24, 2.45) is 5.92 Å². The number of carbonyl (C=O) groups excluding carboxylic acids is 2. The third-order valence-electron chi connectivity index (χ3n) is 3.23. The zero-order valence-corrected chi connectivity index (χ0v) is 10.0. The highest BCUT2D eigenvalue weighted by Crippen LogP contribution is 2.30. The van der Waals surface area contributed by atoms with Crippen molar-refractivity contribution in [2.45, 2.75) is 32.6 Å². The molecule has 1 fully saturated rings. The normalized spacial score (nSPS) is 15.1. The maximum absolute atomic E-state index is 11.9. The number of anilines is 1. The summed E-state index contributed by atoms with van der Waals surface area (Å²) in [5.41, 5.74) is 1.48. The highest BCUT2D eigenvalue weighted by molar-refractivity contribution is 5.97. The van der Waals surface area contributed by atoms with Gasteiger partial charge in [0.05, 0.1) is 0 Å². The van der Waals surface area contributed by atoms with Crippen molar-refractivity contribution in [1.29, 1.82) is 0 Å². The van der Waals surface area contributed by atoms with Crippen molar-refractivity contribution in [1.82, 2.24) is 0 Å². The maximum atomic E-state index is 11.9. The molecule has 1 amide bonds. The molecule has 0 aliphatic heterocycles. The Balaban J connectivity index is 1.96. The first-order chi connectivity index (χ1) is 8.15. The van der Waals surface area contributed by atoms with E-state index in [-0.39, 0.29) is 11.7 Å². The van der Waals surface area contributed by atoms with Crippen LogP contribution < -0.4 is 5.32 Å². The van der Waals surface area contributed by atoms with Crippen LogP contribution in [0.4, 0.5) is 5.69 Å². The Morgan fingerprint density at radius 3 is 2.35 bits per heavy atom. The second-order valence-electron chi connectivity index (χ2n) is 4.68. The molecule has 0 spiro atoms. The third-order valence-corrected chi connectivity index (χ3v) is 3.23. The predicted molar refractivity (Wildman–Crippen MR) is 67.0 cm³/mol. The smallest absolute Gasteiger partial charge is 0.221 e. The Morgan fingerprint density at radius 1 is 1.24 bits per heavy atom. The van der Waals surface area contributed by atoms with Crippen LogP contribution in [0.2, 0.25) is 0 Å². The van der Waals surface area contributed by atoms with Gasteiger partial charge in [-0.15, -0.1) is 0 Å². The number of amides is 1. The summed E-state index contributed by atoms with van der Waals surface area (Å²) in [5, 5.41) is 2.68. The molecular formula is C14H17NO2. The van der Waals surface area contributed by atoms with Gasteiger partial charge in [-0.25, -0.2) is 0 Å². The predicted octanol–water partition coefficient (Wildman–Crippen LogP) is 3.02. The summed E-state index contributed by atoms with van der Waals surface area (Å²) < 4.78 is 0. The van der Waals surface area contributed by atoms with Crippen molar-refractivity contribution in [3.05, 3.63) is 29.8 Å². The molecule has 0 saturated heterocycles. The summed E-state index contributed by atoms with van der Waals surface area (Å²) >= 11 is 0. The minimum Gasteiger partial charge on any atom is -0.326 e. The number of hydrogen-bond donors (Lipinski definition) is 1. The molecule has 1 aliphatic carbocycles. The number of nitrogens with one attached hydrogen (secondary N) is 1. The second kappa shape index (κ2) is 5.13. The van der Waals surface area contributed by atoms with Crippen LogP contribution in [0.5, 0.6) is 0 Å². The molecule has 1 N–H and O–H groups in total. The van der Waals surface area contributed by atoms with Gasteiger partial charge in [0.25, 0.3) is 0 Å². The van der Waals surface area contributed by atoms with Crippen LogP contribution in [0.3, 0.4) is 0 Å². The lowest BCUT2D eigenvalue weighted by Gasteiger charge is -2.24. The zero-order valence-electron chi connectivity index (χ0n) is 10.0. The van der Waals surface area contributed by atoms with E-state index in [1.807, 2.05) is 0 Å². The van der Waals surface area contributed by atoms with Crippen LogP contribution in [-0.2, 0) is 4.79 Å². The van der Waals surface area contributed by atoms with Crippen molar-refractivity contribution < 1.29 is 9.59 Å². The first kappa shape index (κ1) is 11.8. The first-order valence-corrected chi connectivity index (χ1v) is 6.06. The Labute approximate surface area is 101 Å². The quantitative estimate of drug-likeness (QED) is 0.809. The summed E-state index contributed by atoms with van der Waals surface area (Å²) in [5.74, 6) is 0.708. The molecule has 0 heterocycles. The summed E-state index contributed by atoms with van der Waals surface area (Å²) in [7, 11) is 0. The molecule has 1 aromatic carbocycles. The highest BCUT2D eigenvalue weighted by Gasteiger charge is 2.21. The molecule has 2 rings (SSSR count). The average Bonchev–Trinajstić information content (AvgIpc) is 2.23. The van der Waals surface area contributed by atoms with Gasteiger partial charge >= 0.3 is 0 Å². The molecule has 0 atom stereocenters. The fraction of sp³-hybridized carbons (Fsp3) is 0.429. The Kier molecular flexibility index (Phi) is 3.57. The maximum Gasteiger partial charge on any atom is 0.221 e. The van der Waals surface area contributed by atoms with E-state index in [9.17, 15) is 9.59 Å². The lowest BCUT2D eigenvalue weighted by molar-refractivity contribution is -0.114. The molecule has 1 saturated carbocycles. The van der Waals surface area contributed by atoms with E-state index < -0.39 is 0 Å². The summed E-state index contributed by atoms with van der Waals surface area (Å²) in [4.78, 5) is 22.7. The van der Waals surface area contributed by atoms with E-state index in [2.05, 4.69) is 5.32 Å². The number of ketones is 1. The van der Waals surface area contributed by atoms with Gasteiger partial charge in [0, 0.05) is 24.6 Å². The average molecular weight is 231 g/mol. The lowest BCUT2D eigenvalue weighted by atomic mass is 9.81. The molecule has 0 radical (unpaired) electrons. The summed E-state index contributed by atoms with van der Waals surface area (Å²) in [6.07, 6.45) is 4.31. The van der Waals surface area contributed by atoms with Crippen LogP contribution in [-0.4, -0.2) is 11.7 Å². The lowest BCUT2D eigenvalue weighted by Crippen LogP contribution is -2.16. The Bertz CT molecular complexity index is 418. The molecule has 1 aliphatic rings. The van der Waals surface area contributed by atoms with Crippen LogP contribution in [0.15, 0.2) is 24.3 Å². The van der Waals surface area contributed by atoms with Crippen molar-refractivity contribution in [3.8, 4) is 0 Å². The number of carbonyl (C=O) groups is 2. The van der Waals surface area contributed by atoms with E-state index in [0.29, 0.717) is 12.3 Å². The monoisotopic (exact) mass is 231 g/mol. The van der Waals surface area contributed by atoms with Gasteiger partial charge in [-0.05, 0) is 30.2 Å². The molecule has 0 bridgehead atoms. The van der Waals surface area contributed by atoms with Gasteiger partial charge in [0.1, 0.15) is 0 Å². The van der Waals surface area contributed by atoms with Crippen LogP contribution in [0.25, 0.3) is 0 Å². The molecule has 90 valence electrons. The first-order valence-electron chi connectivity index (χ1n) is 6.06. The van der Waals surface area contributed by atoms with E-state index in [1.165, 1.54) is 26.2 Å². The van der Waals surface area contributed by atoms with Gasteiger partial charge in [-0.2, -0.15) is 0 Å². The molecular weight excluding hydrogens is 214 g/mol. The SMILES string of the molecule is CC(=O)Nc1ccc(C(=O)CC2CCC2)cc1. The third kappa shape index (κ3) is 3.16. The highest BCUT2D eigenvalue weighted by atomic mass is 16.1. The van der Waals surface area contributed by atoms with Crippen LogP contribution >= 0.6 is 0 Å². The van der Waals surface area contributed by atoms with Gasteiger partial charge in [0.15, 0.2) is 5.78 Å². The molecule has 1 aromatic rings. The topological polar surface area (TPSA) is 46.2 Å². The minimum atomic E-state index is -0.0986. The van der Waals surface area contributed by atoms with E-state index in [1.54, 1.807) is 24.3 Å². The molecule has 3 nitrogen and oxygen atoms in total. The van der Waals surface area contributed by atoms with Crippen molar-refractivity contribution in [3.63, 3.8) is 0 Å². The zero-order chi connectivity index (χ0) is 12.3. The molecule has 0 aromatic heterocycles. The van der Waals surface area contributed by atoms with Crippen molar-refractivity contribution >= 4 is 17.4 Å². The van der Waals surface area contributed by atoms with Gasteiger partial charge in [-0.3, -0.25) is 9.59 Å². The van der Waals surface area contributed by atoms with Gasteiger partial charge < -0.3 is 5.32 Å². The van der Waals surface area contributed by atoms with Gasteiger partial charge in [0.2, 0.25) is 5.91 Å². The van der Waals surface area contributed by atoms with Crippen LogP contribution in [0, 0.1) is 5.92 Å². The fourth-order valence-corrected chi connectivity index (χ4v) is 2.02. The minimum absolute atomic E-state index is 0.0986. The standard InChI is InChI=1S/C14H17NO2/c1-10(16)15-13-7-5-12(6-8-13)14(17)9-11-3-2-4-11/h5-8,11H,2-4,9H2,1H3,(H,15,16). The van der Waals surface area contributed by atoms with Crippen molar-refractivity contribution in [2.75, 3.05) is 5.32 Å². The number of benzene rings is 1. The number of rotatable bonds is 4. The summed E-state index contributed by atoms with van der Waals surface area (Å²) in [6.45, 7) is 1.47. The Hall–Kier alpha value is -1.64. The molecule has 17 heavy (non-hydrogen) atoms. The van der Waals surface area contributed by atoms with E-state index in [0.717, 1.165) is 11.3 Å². The number of Topliss-reactive ketones (excluding diaryl/α,β-unsaturated/α-hetero) is 1. The largest absolute Gasteiger partial charge is 0.326 e. The second-order valence-corrected chi connectivity index (χ2v) is 4.68. The molecule has 0 unspecified atom stereocenters. The summed E-state index contributed by atoms with van der Waals surface area (Å²) in [6, 6.07) is 7.11. The van der Waals surface area contributed by atoms with Crippen LogP contribution in [0.1, 0.15) is 43.0 Å². The number of hydrogen-bond acceptors (Lipinski definition) is 2. The van der Waals surface area contributed by atoms with E-state index in [4.69, 9.17) is 0 Å². The Morgan fingerprint density at radius 2 is 1.88 bits per heavy atom. The van der Waals surface area contributed by atoms with Gasteiger partial charge in [-0.1, -0.05) is 19.3 Å². The fourth-order valence-electron chi connectivity index (χ4n) is 2.02. The molecule has 3 heteroatoms. The van der Waals surface area contributed by atoms with E-state index >= 15 is 0 Å².